The number of halogens is 4. The smallest absolute Gasteiger partial charge is 0.252 e. The van der Waals surface area contributed by atoms with E-state index in [2.05, 4.69) is 21.2 Å². The third kappa shape index (κ3) is 4.51. The number of hydrogen-bond donors (Lipinski definition) is 1. The summed E-state index contributed by atoms with van der Waals surface area (Å²) in [7, 11) is 0. The van der Waals surface area contributed by atoms with Gasteiger partial charge in [0.15, 0.2) is 0 Å². The molecular formula is C11H6BrCl3N2O. The van der Waals surface area contributed by atoms with Gasteiger partial charge >= 0.3 is 0 Å². The Bertz CT molecular complexity index is 532. The molecule has 0 bridgehead atoms. The maximum atomic E-state index is 11.3. The van der Waals surface area contributed by atoms with E-state index in [9.17, 15) is 4.79 Å². The molecule has 0 atom stereocenters. The van der Waals surface area contributed by atoms with Crippen molar-refractivity contribution in [3.8, 4) is 6.07 Å². The number of benzene rings is 1. The summed E-state index contributed by atoms with van der Waals surface area (Å²) in [5, 5.41) is 11.7. The first-order valence-corrected chi connectivity index (χ1v) is 6.51. The third-order valence-electron chi connectivity index (χ3n) is 1.86. The van der Waals surface area contributed by atoms with Gasteiger partial charge in [0, 0.05) is 16.7 Å². The minimum Gasteiger partial charge on any atom is -0.360 e. The molecule has 0 heterocycles. The van der Waals surface area contributed by atoms with E-state index in [0.29, 0.717) is 11.3 Å². The van der Waals surface area contributed by atoms with Crippen LogP contribution in [0.2, 0.25) is 0 Å². The molecule has 3 nitrogen and oxygen atoms in total. The molecule has 1 N–H and O–H groups in total. The van der Waals surface area contributed by atoms with E-state index in [0.717, 1.165) is 10.5 Å². The zero-order valence-corrected chi connectivity index (χ0v) is 12.6. The van der Waals surface area contributed by atoms with E-state index in [1.807, 2.05) is 6.07 Å². The highest BCUT2D eigenvalue weighted by Crippen LogP contribution is 2.27. The van der Waals surface area contributed by atoms with E-state index in [4.69, 9.17) is 40.1 Å². The number of ketones is 1. The van der Waals surface area contributed by atoms with Crippen molar-refractivity contribution in [1.82, 2.24) is 0 Å². The summed E-state index contributed by atoms with van der Waals surface area (Å²) in [6.07, 6.45) is 2.41. The van der Waals surface area contributed by atoms with Gasteiger partial charge in [-0.1, -0.05) is 50.7 Å². The van der Waals surface area contributed by atoms with Crippen LogP contribution in [0.15, 0.2) is 34.9 Å². The highest BCUT2D eigenvalue weighted by atomic mass is 79.9. The van der Waals surface area contributed by atoms with Gasteiger partial charge in [-0.15, -0.1) is 0 Å². The molecule has 18 heavy (non-hydrogen) atoms. The van der Waals surface area contributed by atoms with Crippen LogP contribution in [0.25, 0.3) is 0 Å². The molecule has 0 fully saturated rings. The number of hydrogen-bond acceptors (Lipinski definition) is 3. The first-order chi connectivity index (χ1) is 8.34. The average Bonchev–Trinajstić information content (AvgIpc) is 2.29. The summed E-state index contributed by atoms with van der Waals surface area (Å²) < 4.78 is -1.19. The monoisotopic (exact) mass is 366 g/mol. The number of rotatable bonds is 3. The van der Waals surface area contributed by atoms with E-state index in [1.165, 1.54) is 6.20 Å². The van der Waals surface area contributed by atoms with Crippen molar-refractivity contribution in [3.05, 3.63) is 40.5 Å². The van der Waals surface area contributed by atoms with Gasteiger partial charge in [-0.2, -0.15) is 5.26 Å². The molecule has 0 saturated heterocycles. The minimum atomic E-state index is -1.98. The predicted octanol–water partition coefficient (Wildman–Crippen LogP) is 4.19. The van der Waals surface area contributed by atoms with Crippen molar-refractivity contribution in [2.75, 3.05) is 5.32 Å². The highest BCUT2D eigenvalue weighted by molar-refractivity contribution is 9.10. The van der Waals surface area contributed by atoms with Crippen molar-refractivity contribution in [3.63, 3.8) is 0 Å². The van der Waals surface area contributed by atoms with Gasteiger partial charge in [0.25, 0.3) is 3.79 Å². The van der Waals surface area contributed by atoms with Crippen molar-refractivity contribution in [1.29, 1.82) is 5.26 Å². The summed E-state index contributed by atoms with van der Waals surface area (Å²) in [6, 6.07) is 7.11. The largest absolute Gasteiger partial charge is 0.360 e. The van der Waals surface area contributed by atoms with Crippen LogP contribution < -0.4 is 5.32 Å². The molecule has 0 saturated carbocycles. The molecule has 0 aliphatic heterocycles. The fourth-order valence-corrected chi connectivity index (χ4v) is 1.59. The molecule has 1 aromatic carbocycles. The Morgan fingerprint density at radius 3 is 2.67 bits per heavy atom. The number of anilines is 1. The van der Waals surface area contributed by atoms with Gasteiger partial charge in [0.1, 0.15) is 6.07 Å². The molecular weight excluding hydrogens is 362 g/mol. The summed E-state index contributed by atoms with van der Waals surface area (Å²) in [5.41, 5.74) is 0.976. The van der Waals surface area contributed by atoms with Crippen LogP contribution in [0.5, 0.6) is 0 Å². The predicted molar refractivity (Wildman–Crippen MR) is 76.9 cm³/mol. The fourth-order valence-electron chi connectivity index (χ4n) is 1.04. The summed E-state index contributed by atoms with van der Waals surface area (Å²) in [4.78, 5) is 11.3. The van der Waals surface area contributed by atoms with Crippen LogP contribution in [0.1, 0.15) is 5.56 Å². The molecule has 0 spiro atoms. The first kappa shape index (κ1) is 15.3. The number of nitriles is 1. The summed E-state index contributed by atoms with van der Waals surface area (Å²) in [6.45, 7) is 0. The standard InChI is InChI=1S/C11H6BrCl3N2O/c12-8-1-2-9(7(5-8)6-16)17-4-3-10(18)11(13,14)15/h1-5,17H/b4-3-. The lowest BCUT2D eigenvalue weighted by Gasteiger charge is -2.06. The molecule has 7 heteroatoms. The minimum absolute atomic E-state index is 0.426. The maximum Gasteiger partial charge on any atom is 0.252 e. The molecule has 0 unspecified atom stereocenters. The summed E-state index contributed by atoms with van der Waals surface area (Å²) >= 11 is 19.4. The third-order valence-corrected chi connectivity index (χ3v) is 2.91. The van der Waals surface area contributed by atoms with E-state index in [-0.39, 0.29) is 0 Å². The van der Waals surface area contributed by atoms with Gasteiger partial charge in [0.05, 0.1) is 11.3 Å². The Kier molecular flexibility index (Phi) is 5.48. The molecule has 0 aliphatic rings. The zero-order valence-electron chi connectivity index (χ0n) is 8.75. The van der Waals surface area contributed by atoms with Crippen LogP contribution in [0.3, 0.4) is 0 Å². The molecule has 0 radical (unpaired) electrons. The zero-order chi connectivity index (χ0) is 13.8. The quantitative estimate of drug-likeness (QED) is 0.643. The van der Waals surface area contributed by atoms with E-state index >= 15 is 0 Å². The number of alkyl halides is 3. The Hall–Kier alpha value is -0.730. The Morgan fingerprint density at radius 2 is 2.11 bits per heavy atom. The van der Waals surface area contributed by atoms with Crippen molar-refractivity contribution in [2.24, 2.45) is 0 Å². The molecule has 0 amide bonds. The van der Waals surface area contributed by atoms with Crippen LogP contribution in [0, 0.1) is 11.3 Å². The summed E-state index contributed by atoms with van der Waals surface area (Å²) in [5.74, 6) is -0.671. The molecule has 94 valence electrons. The Morgan fingerprint density at radius 1 is 1.44 bits per heavy atom. The first-order valence-electron chi connectivity index (χ1n) is 4.58. The lowest BCUT2D eigenvalue weighted by molar-refractivity contribution is -0.113. The number of carbonyl (C=O) groups is 1. The Labute approximate surface area is 127 Å². The lowest BCUT2D eigenvalue weighted by atomic mass is 10.2. The van der Waals surface area contributed by atoms with E-state index < -0.39 is 9.58 Å². The topological polar surface area (TPSA) is 52.9 Å². The second kappa shape index (κ2) is 6.44. The molecule has 1 aromatic rings. The van der Waals surface area contributed by atoms with Crippen molar-refractivity contribution >= 4 is 62.2 Å². The van der Waals surface area contributed by atoms with Gasteiger partial charge in [-0.05, 0) is 18.2 Å². The molecule has 1 rings (SSSR count). The normalized spacial score (nSPS) is 11.3. The van der Waals surface area contributed by atoms with E-state index in [1.54, 1.807) is 18.2 Å². The number of nitrogens with zero attached hydrogens (tertiary/aromatic N) is 1. The van der Waals surface area contributed by atoms with Crippen molar-refractivity contribution < 1.29 is 4.79 Å². The second-order valence-electron chi connectivity index (χ2n) is 3.14. The lowest BCUT2D eigenvalue weighted by Crippen LogP contribution is -2.15. The average molecular weight is 368 g/mol. The van der Waals surface area contributed by atoms with Gasteiger partial charge in [-0.25, -0.2) is 0 Å². The van der Waals surface area contributed by atoms with Gasteiger partial charge in [0.2, 0.25) is 5.78 Å². The number of nitrogens with one attached hydrogen (secondary N) is 1. The van der Waals surface area contributed by atoms with Crippen LogP contribution in [0.4, 0.5) is 5.69 Å². The fraction of sp³-hybridized carbons (Fsp3) is 0.0909. The second-order valence-corrected chi connectivity index (χ2v) is 6.34. The number of carbonyl (C=O) groups excluding carboxylic acids is 1. The van der Waals surface area contributed by atoms with Gasteiger partial charge in [-0.3, -0.25) is 4.79 Å². The SMILES string of the molecule is N#Cc1cc(Br)ccc1N/C=C\C(=O)C(Cl)(Cl)Cl. The molecule has 0 aromatic heterocycles. The van der Waals surface area contributed by atoms with Gasteiger partial charge < -0.3 is 5.32 Å². The highest BCUT2D eigenvalue weighted by Gasteiger charge is 2.27. The van der Waals surface area contributed by atoms with Crippen LogP contribution >= 0.6 is 50.7 Å². The van der Waals surface area contributed by atoms with Crippen LogP contribution in [-0.2, 0) is 4.79 Å². The van der Waals surface area contributed by atoms with Crippen LogP contribution in [-0.4, -0.2) is 9.58 Å². The molecule has 0 aliphatic carbocycles. The van der Waals surface area contributed by atoms with Crippen molar-refractivity contribution in [2.45, 2.75) is 3.79 Å². The Balaban J connectivity index is 2.79. The number of allylic oxidation sites excluding steroid dienone is 1. The maximum absolute atomic E-state index is 11.3.